The molecule has 5 rings (SSSR count). The van der Waals surface area contributed by atoms with Gasteiger partial charge >= 0.3 is 6.01 Å². The van der Waals surface area contributed by atoms with Gasteiger partial charge in [0, 0.05) is 11.8 Å². The SMILES string of the molecule is Oc1ncc2c(-c3ccc(Oc4ccccc4)cc3)nn(C3CCCCC3)c2n1. The molecule has 0 aliphatic heterocycles. The topological polar surface area (TPSA) is 73.1 Å². The lowest BCUT2D eigenvalue weighted by molar-refractivity contribution is 0.335. The highest BCUT2D eigenvalue weighted by Gasteiger charge is 2.22. The zero-order valence-electron chi connectivity index (χ0n) is 16.0. The molecule has 0 spiro atoms. The van der Waals surface area contributed by atoms with E-state index in [0.29, 0.717) is 11.7 Å². The van der Waals surface area contributed by atoms with E-state index in [1.165, 1.54) is 19.3 Å². The van der Waals surface area contributed by atoms with Crippen LogP contribution in [0.5, 0.6) is 17.5 Å². The van der Waals surface area contributed by atoms with Crippen LogP contribution in [-0.4, -0.2) is 24.9 Å². The second kappa shape index (κ2) is 7.54. The van der Waals surface area contributed by atoms with Crippen LogP contribution in [0.25, 0.3) is 22.3 Å². The highest BCUT2D eigenvalue weighted by molar-refractivity contribution is 5.90. The van der Waals surface area contributed by atoms with Crippen molar-refractivity contribution in [1.82, 2.24) is 19.7 Å². The van der Waals surface area contributed by atoms with Crippen LogP contribution in [0.2, 0.25) is 0 Å². The number of hydrogen-bond acceptors (Lipinski definition) is 5. The minimum absolute atomic E-state index is 0.215. The van der Waals surface area contributed by atoms with Crippen LogP contribution in [0.1, 0.15) is 38.1 Å². The van der Waals surface area contributed by atoms with E-state index in [-0.39, 0.29) is 6.01 Å². The molecule has 146 valence electrons. The van der Waals surface area contributed by atoms with Gasteiger partial charge in [0.1, 0.15) is 17.2 Å². The molecule has 6 nitrogen and oxygen atoms in total. The Morgan fingerprint density at radius 3 is 2.38 bits per heavy atom. The summed E-state index contributed by atoms with van der Waals surface area (Å²) < 4.78 is 7.88. The maximum absolute atomic E-state index is 9.83. The molecule has 1 N–H and O–H groups in total. The first-order chi connectivity index (χ1) is 14.3. The average Bonchev–Trinajstić information content (AvgIpc) is 3.14. The van der Waals surface area contributed by atoms with Gasteiger partial charge < -0.3 is 9.84 Å². The Labute approximate surface area is 168 Å². The van der Waals surface area contributed by atoms with Crippen LogP contribution in [-0.2, 0) is 0 Å². The third-order valence-corrected chi connectivity index (χ3v) is 5.46. The van der Waals surface area contributed by atoms with Crippen molar-refractivity contribution in [2.45, 2.75) is 38.1 Å². The lowest BCUT2D eigenvalue weighted by Crippen LogP contribution is -2.14. The average molecular weight is 386 g/mol. The minimum Gasteiger partial charge on any atom is -0.479 e. The summed E-state index contributed by atoms with van der Waals surface area (Å²) in [6.45, 7) is 0. The van der Waals surface area contributed by atoms with Crippen molar-refractivity contribution >= 4 is 11.0 Å². The molecule has 0 saturated heterocycles. The molecule has 1 aliphatic rings. The van der Waals surface area contributed by atoms with Gasteiger partial charge in [-0.3, -0.25) is 0 Å². The molecule has 1 saturated carbocycles. The van der Waals surface area contributed by atoms with Crippen LogP contribution in [0.15, 0.2) is 60.8 Å². The number of para-hydroxylation sites is 1. The van der Waals surface area contributed by atoms with Crippen molar-refractivity contribution in [3.63, 3.8) is 0 Å². The molecule has 4 aromatic rings. The van der Waals surface area contributed by atoms with Gasteiger partial charge in [0.25, 0.3) is 0 Å². The van der Waals surface area contributed by atoms with Crippen LogP contribution in [0, 0.1) is 0 Å². The number of rotatable bonds is 4. The van der Waals surface area contributed by atoms with E-state index in [0.717, 1.165) is 41.0 Å². The van der Waals surface area contributed by atoms with E-state index in [1.807, 2.05) is 59.3 Å². The molecule has 0 amide bonds. The van der Waals surface area contributed by atoms with Gasteiger partial charge in [-0.1, -0.05) is 37.5 Å². The Balaban J connectivity index is 1.51. The van der Waals surface area contributed by atoms with E-state index in [4.69, 9.17) is 9.84 Å². The Hall–Kier alpha value is -3.41. The number of hydrogen-bond donors (Lipinski definition) is 1. The lowest BCUT2D eigenvalue weighted by Gasteiger charge is -2.22. The summed E-state index contributed by atoms with van der Waals surface area (Å²) in [6.07, 6.45) is 7.50. The third kappa shape index (κ3) is 3.53. The normalized spacial score (nSPS) is 14.9. The van der Waals surface area contributed by atoms with Crippen molar-refractivity contribution in [3.8, 4) is 28.8 Å². The molecular weight excluding hydrogens is 364 g/mol. The van der Waals surface area contributed by atoms with Crippen LogP contribution in [0.3, 0.4) is 0 Å². The number of aromatic hydroxyl groups is 1. The number of nitrogens with zero attached hydrogens (tertiary/aromatic N) is 4. The van der Waals surface area contributed by atoms with Gasteiger partial charge in [-0.2, -0.15) is 10.1 Å². The van der Waals surface area contributed by atoms with Crippen molar-refractivity contribution in [2.75, 3.05) is 0 Å². The van der Waals surface area contributed by atoms with E-state index in [2.05, 4.69) is 9.97 Å². The standard InChI is InChI=1S/C23H22N4O2/c28-23-24-15-20-21(26-27(22(20)25-23)17-7-3-1-4-8-17)16-11-13-19(14-12-16)29-18-9-5-2-6-10-18/h2,5-6,9-15,17H,1,3-4,7-8H2,(H,24,25,28). The summed E-state index contributed by atoms with van der Waals surface area (Å²) in [4.78, 5) is 8.28. The summed E-state index contributed by atoms with van der Waals surface area (Å²) >= 11 is 0. The van der Waals surface area contributed by atoms with Gasteiger partial charge in [-0.15, -0.1) is 0 Å². The van der Waals surface area contributed by atoms with Crippen molar-refractivity contribution in [2.24, 2.45) is 0 Å². The molecule has 2 aromatic carbocycles. The first kappa shape index (κ1) is 17.7. The highest BCUT2D eigenvalue weighted by Crippen LogP contribution is 2.35. The Bertz CT molecular complexity index is 1120. The fourth-order valence-electron chi connectivity index (χ4n) is 4.01. The predicted octanol–water partition coefficient (Wildman–Crippen LogP) is 5.50. The second-order valence-electron chi connectivity index (χ2n) is 7.43. The van der Waals surface area contributed by atoms with Gasteiger partial charge in [0.05, 0.1) is 11.4 Å². The van der Waals surface area contributed by atoms with Gasteiger partial charge in [0.15, 0.2) is 5.65 Å². The molecule has 29 heavy (non-hydrogen) atoms. The summed E-state index contributed by atoms with van der Waals surface area (Å²) in [7, 11) is 0. The fraction of sp³-hybridized carbons (Fsp3) is 0.261. The second-order valence-corrected chi connectivity index (χ2v) is 7.43. The summed E-state index contributed by atoms with van der Waals surface area (Å²) in [6, 6.07) is 17.7. The zero-order valence-corrected chi connectivity index (χ0v) is 16.0. The largest absolute Gasteiger partial charge is 0.479 e. The molecule has 0 bridgehead atoms. The Morgan fingerprint density at radius 2 is 1.62 bits per heavy atom. The lowest BCUT2D eigenvalue weighted by atomic mass is 9.96. The summed E-state index contributed by atoms with van der Waals surface area (Å²) in [5.74, 6) is 1.57. The number of benzene rings is 2. The number of fused-ring (bicyclic) bond motifs is 1. The van der Waals surface area contributed by atoms with Gasteiger partial charge in [-0.05, 0) is 49.2 Å². The number of ether oxygens (including phenoxy) is 1. The van der Waals surface area contributed by atoms with E-state index in [9.17, 15) is 5.11 Å². The highest BCUT2D eigenvalue weighted by atomic mass is 16.5. The van der Waals surface area contributed by atoms with Crippen molar-refractivity contribution in [3.05, 3.63) is 60.8 Å². The molecule has 2 aromatic heterocycles. The zero-order chi connectivity index (χ0) is 19.6. The maximum atomic E-state index is 9.83. The molecule has 2 heterocycles. The van der Waals surface area contributed by atoms with Gasteiger partial charge in [-0.25, -0.2) is 9.67 Å². The van der Waals surface area contributed by atoms with Crippen LogP contribution < -0.4 is 4.74 Å². The first-order valence-corrected chi connectivity index (χ1v) is 10.1. The third-order valence-electron chi connectivity index (χ3n) is 5.46. The van der Waals surface area contributed by atoms with Crippen molar-refractivity contribution < 1.29 is 9.84 Å². The molecule has 1 aliphatic carbocycles. The molecule has 6 heteroatoms. The van der Waals surface area contributed by atoms with E-state index in [1.54, 1.807) is 6.20 Å². The smallest absolute Gasteiger partial charge is 0.315 e. The predicted molar refractivity (Wildman–Crippen MR) is 111 cm³/mol. The van der Waals surface area contributed by atoms with Crippen molar-refractivity contribution in [1.29, 1.82) is 0 Å². The maximum Gasteiger partial charge on any atom is 0.315 e. The molecular formula is C23H22N4O2. The molecule has 0 radical (unpaired) electrons. The Kier molecular flexibility index (Phi) is 4.60. The summed E-state index contributed by atoms with van der Waals surface area (Å²) in [5, 5.41) is 15.6. The first-order valence-electron chi connectivity index (χ1n) is 10.1. The quantitative estimate of drug-likeness (QED) is 0.501. The Morgan fingerprint density at radius 1 is 0.897 bits per heavy atom. The minimum atomic E-state index is -0.215. The number of aromatic nitrogens is 4. The molecule has 0 unspecified atom stereocenters. The fourth-order valence-corrected chi connectivity index (χ4v) is 4.01. The summed E-state index contributed by atoms with van der Waals surface area (Å²) in [5.41, 5.74) is 2.50. The van der Waals surface area contributed by atoms with E-state index >= 15 is 0 Å². The monoisotopic (exact) mass is 386 g/mol. The van der Waals surface area contributed by atoms with Crippen LogP contribution in [0.4, 0.5) is 0 Å². The molecule has 1 fully saturated rings. The van der Waals surface area contributed by atoms with Crippen LogP contribution >= 0.6 is 0 Å². The van der Waals surface area contributed by atoms with E-state index < -0.39 is 0 Å². The molecule has 0 atom stereocenters. The van der Waals surface area contributed by atoms with Gasteiger partial charge in [0.2, 0.25) is 0 Å².